The van der Waals surface area contributed by atoms with Gasteiger partial charge < -0.3 is 14.4 Å². The van der Waals surface area contributed by atoms with Crippen molar-refractivity contribution in [3.63, 3.8) is 0 Å². The number of nitrogens with zero attached hydrogens (tertiary/aromatic N) is 2. The molecule has 2 aromatic carbocycles. The zero-order valence-corrected chi connectivity index (χ0v) is 18.0. The molecule has 0 unspecified atom stereocenters. The van der Waals surface area contributed by atoms with E-state index in [-0.39, 0.29) is 11.8 Å². The molecule has 1 heterocycles. The van der Waals surface area contributed by atoms with E-state index < -0.39 is 0 Å². The number of para-hydroxylation sites is 1. The summed E-state index contributed by atoms with van der Waals surface area (Å²) in [7, 11) is 3.23. The molecule has 0 saturated heterocycles. The molecule has 0 fully saturated rings. The van der Waals surface area contributed by atoms with Gasteiger partial charge in [0.1, 0.15) is 5.70 Å². The number of anilines is 1. The molecule has 0 atom stereocenters. The van der Waals surface area contributed by atoms with Gasteiger partial charge in [-0.3, -0.25) is 9.59 Å². The van der Waals surface area contributed by atoms with E-state index in [1.165, 1.54) is 4.90 Å². The largest absolute Gasteiger partial charge is 0.383 e. The Morgan fingerprint density at radius 1 is 0.833 bits per heavy atom. The summed E-state index contributed by atoms with van der Waals surface area (Å²) in [6.07, 6.45) is 0. The number of imide groups is 1. The van der Waals surface area contributed by atoms with E-state index in [1.807, 2.05) is 55.1 Å². The molecule has 3 rings (SSSR count). The number of ether oxygens (including phenoxy) is 2. The maximum atomic E-state index is 13.5. The van der Waals surface area contributed by atoms with Gasteiger partial charge >= 0.3 is 0 Å². The zero-order chi connectivity index (χ0) is 21.7. The molecule has 0 aromatic heterocycles. The molecule has 158 valence electrons. The van der Waals surface area contributed by atoms with Crippen molar-refractivity contribution >= 4 is 23.1 Å². The molecule has 0 bridgehead atoms. The van der Waals surface area contributed by atoms with Crippen molar-refractivity contribution in [3.05, 3.63) is 70.9 Å². The minimum atomic E-state index is -0.327. The summed E-state index contributed by atoms with van der Waals surface area (Å²) in [5.74, 6) is -0.643. The summed E-state index contributed by atoms with van der Waals surface area (Å²) < 4.78 is 10.5. The van der Waals surface area contributed by atoms with Crippen molar-refractivity contribution in [3.8, 4) is 0 Å². The smallest absolute Gasteiger partial charge is 0.282 e. The first-order valence-corrected chi connectivity index (χ1v) is 9.98. The SMILES string of the molecule is COCCN(CCOC)C1=C(c2ccc(C)c(C)c2)C(=O)N(c2ccccc2)C1=O. The third kappa shape index (κ3) is 4.30. The molecule has 0 aliphatic carbocycles. The average Bonchev–Trinajstić information content (AvgIpc) is 3.01. The van der Waals surface area contributed by atoms with Crippen LogP contribution in [-0.4, -0.2) is 57.2 Å². The first-order chi connectivity index (χ1) is 14.5. The average molecular weight is 408 g/mol. The summed E-state index contributed by atoms with van der Waals surface area (Å²) in [5.41, 5.74) is 4.30. The van der Waals surface area contributed by atoms with E-state index in [0.29, 0.717) is 43.3 Å². The summed E-state index contributed by atoms with van der Waals surface area (Å²) in [5, 5.41) is 0. The number of hydrogen-bond acceptors (Lipinski definition) is 5. The van der Waals surface area contributed by atoms with Crippen molar-refractivity contribution in [2.45, 2.75) is 13.8 Å². The molecular weight excluding hydrogens is 380 g/mol. The lowest BCUT2D eigenvalue weighted by molar-refractivity contribution is -0.120. The lowest BCUT2D eigenvalue weighted by Gasteiger charge is -2.25. The Morgan fingerprint density at radius 3 is 2.03 bits per heavy atom. The van der Waals surface area contributed by atoms with Crippen LogP contribution in [0.1, 0.15) is 16.7 Å². The molecule has 30 heavy (non-hydrogen) atoms. The van der Waals surface area contributed by atoms with E-state index in [0.717, 1.165) is 16.7 Å². The summed E-state index contributed by atoms with van der Waals surface area (Å²) in [4.78, 5) is 30.2. The molecule has 0 radical (unpaired) electrons. The Kier molecular flexibility index (Phi) is 7.03. The van der Waals surface area contributed by atoms with Crippen LogP contribution in [0.5, 0.6) is 0 Å². The number of hydrogen-bond donors (Lipinski definition) is 0. The monoisotopic (exact) mass is 408 g/mol. The lowest BCUT2D eigenvalue weighted by Crippen LogP contribution is -2.37. The highest BCUT2D eigenvalue weighted by atomic mass is 16.5. The first-order valence-electron chi connectivity index (χ1n) is 9.98. The van der Waals surface area contributed by atoms with E-state index in [2.05, 4.69) is 0 Å². The van der Waals surface area contributed by atoms with Crippen LogP contribution in [-0.2, 0) is 19.1 Å². The minimum absolute atomic E-state index is 0.315. The van der Waals surface area contributed by atoms with Crippen LogP contribution < -0.4 is 4.90 Å². The quantitative estimate of drug-likeness (QED) is 0.597. The Labute approximate surface area is 177 Å². The predicted molar refractivity (Wildman–Crippen MR) is 117 cm³/mol. The van der Waals surface area contributed by atoms with Crippen LogP contribution >= 0.6 is 0 Å². The fourth-order valence-electron chi connectivity index (χ4n) is 3.52. The summed E-state index contributed by atoms with van der Waals surface area (Å²) in [6, 6.07) is 14.9. The van der Waals surface area contributed by atoms with Gasteiger partial charge in [0.05, 0.1) is 24.5 Å². The Hall–Kier alpha value is -2.96. The normalized spacial score (nSPS) is 14.1. The summed E-state index contributed by atoms with van der Waals surface area (Å²) >= 11 is 0. The summed E-state index contributed by atoms with van der Waals surface area (Å²) in [6.45, 7) is 5.84. The van der Waals surface area contributed by atoms with Crippen molar-refractivity contribution in [1.82, 2.24) is 4.90 Å². The lowest BCUT2D eigenvalue weighted by atomic mass is 9.99. The van der Waals surface area contributed by atoms with Crippen LogP contribution in [0.25, 0.3) is 5.57 Å². The number of carbonyl (C=O) groups excluding carboxylic acids is 2. The number of rotatable bonds is 9. The molecule has 0 spiro atoms. The fourth-order valence-corrected chi connectivity index (χ4v) is 3.52. The molecule has 0 saturated carbocycles. The van der Waals surface area contributed by atoms with Gasteiger partial charge in [-0.1, -0.05) is 36.4 Å². The molecular formula is C24H28N2O4. The predicted octanol–water partition coefficient (Wildman–Crippen LogP) is 3.18. The van der Waals surface area contributed by atoms with Gasteiger partial charge in [0.15, 0.2) is 0 Å². The van der Waals surface area contributed by atoms with Crippen molar-refractivity contribution < 1.29 is 19.1 Å². The van der Waals surface area contributed by atoms with Crippen molar-refractivity contribution in [2.24, 2.45) is 0 Å². The molecule has 0 N–H and O–H groups in total. The van der Waals surface area contributed by atoms with E-state index in [9.17, 15) is 9.59 Å². The van der Waals surface area contributed by atoms with Gasteiger partial charge in [-0.25, -0.2) is 4.90 Å². The molecule has 2 aromatic rings. The van der Waals surface area contributed by atoms with Gasteiger partial charge in [-0.15, -0.1) is 0 Å². The van der Waals surface area contributed by atoms with Crippen LogP contribution in [0.4, 0.5) is 5.69 Å². The number of amides is 2. The zero-order valence-electron chi connectivity index (χ0n) is 18.0. The second-order valence-corrected chi connectivity index (χ2v) is 7.28. The molecule has 1 aliphatic heterocycles. The Morgan fingerprint density at radius 2 is 1.47 bits per heavy atom. The van der Waals surface area contributed by atoms with E-state index in [4.69, 9.17) is 9.47 Å². The third-order valence-electron chi connectivity index (χ3n) is 5.32. The van der Waals surface area contributed by atoms with Crippen LogP contribution in [0, 0.1) is 13.8 Å². The maximum absolute atomic E-state index is 13.5. The molecule has 2 amide bonds. The topological polar surface area (TPSA) is 59.1 Å². The molecule has 1 aliphatic rings. The Bertz CT molecular complexity index is 945. The van der Waals surface area contributed by atoms with Gasteiger partial charge in [-0.2, -0.15) is 0 Å². The maximum Gasteiger partial charge on any atom is 0.282 e. The van der Waals surface area contributed by atoms with Gasteiger partial charge in [-0.05, 0) is 42.7 Å². The van der Waals surface area contributed by atoms with Gasteiger partial charge in [0, 0.05) is 27.3 Å². The third-order valence-corrected chi connectivity index (χ3v) is 5.32. The number of methoxy groups -OCH3 is 2. The number of carbonyl (C=O) groups is 2. The van der Waals surface area contributed by atoms with Crippen LogP contribution in [0.2, 0.25) is 0 Å². The van der Waals surface area contributed by atoms with E-state index in [1.54, 1.807) is 26.4 Å². The van der Waals surface area contributed by atoms with Crippen molar-refractivity contribution in [1.29, 1.82) is 0 Å². The fraction of sp³-hybridized carbons (Fsp3) is 0.333. The highest BCUT2D eigenvalue weighted by Gasteiger charge is 2.42. The van der Waals surface area contributed by atoms with Gasteiger partial charge in [0.2, 0.25) is 0 Å². The number of aryl methyl sites for hydroxylation is 2. The van der Waals surface area contributed by atoms with Gasteiger partial charge in [0.25, 0.3) is 11.8 Å². The molecule has 6 heteroatoms. The minimum Gasteiger partial charge on any atom is -0.383 e. The van der Waals surface area contributed by atoms with Crippen LogP contribution in [0.3, 0.4) is 0 Å². The Balaban J connectivity index is 2.14. The van der Waals surface area contributed by atoms with E-state index >= 15 is 0 Å². The molecule has 6 nitrogen and oxygen atoms in total. The van der Waals surface area contributed by atoms with Crippen LogP contribution in [0.15, 0.2) is 54.2 Å². The first kappa shape index (κ1) is 21.7. The second kappa shape index (κ2) is 9.69. The number of benzene rings is 2. The highest BCUT2D eigenvalue weighted by molar-refractivity contribution is 6.45. The van der Waals surface area contributed by atoms with Crippen molar-refractivity contribution in [2.75, 3.05) is 45.4 Å². The highest BCUT2D eigenvalue weighted by Crippen LogP contribution is 2.35. The standard InChI is InChI=1S/C24H28N2O4/c1-17-10-11-19(16-18(17)2)21-22(25(12-14-29-3)13-15-30-4)24(28)26(23(21)27)20-8-6-5-7-9-20/h5-11,16H,12-15H2,1-4H3. The second-order valence-electron chi connectivity index (χ2n) is 7.28.